The molecule has 1 aromatic carbocycles. The number of hydrogen-bond acceptors (Lipinski definition) is 8. The molecule has 2 heterocycles. The third kappa shape index (κ3) is 10.6. The van der Waals surface area contributed by atoms with Gasteiger partial charge in [0.25, 0.3) is 11.8 Å². The van der Waals surface area contributed by atoms with E-state index in [-0.39, 0.29) is 17.5 Å². The number of halogens is 3. The summed E-state index contributed by atoms with van der Waals surface area (Å²) in [6.07, 6.45) is -0.0789. The first-order chi connectivity index (χ1) is 19.1. The van der Waals surface area contributed by atoms with Crippen LogP contribution < -0.4 is 15.4 Å². The molecule has 15 heteroatoms. The summed E-state index contributed by atoms with van der Waals surface area (Å²) in [6.45, 7) is 11.0. The highest BCUT2D eigenvalue weighted by molar-refractivity contribution is 5.95. The smallest absolute Gasteiger partial charge is 0.490 e. The van der Waals surface area contributed by atoms with E-state index in [0.717, 1.165) is 45.7 Å². The number of nitrogens with one attached hydrogen (secondary N) is 2. The van der Waals surface area contributed by atoms with Crippen LogP contribution in [-0.4, -0.2) is 102 Å². The van der Waals surface area contributed by atoms with Gasteiger partial charge in [-0.3, -0.25) is 14.5 Å². The van der Waals surface area contributed by atoms with Crippen LogP contribution in [0, 0.1) is 0 Å². The number of unbranched alkanes of at least 4 members (excludes halogenated alkanes) is 1. The lowest BCUT2D eigenvalue weighted by molar-refractivity contribution is -0.192. The molecule has 2 aromatic rings. The minimum Gasteiger partial charge on any atom is -0.491 e. The van der Waals surface area contributed by atoms with E-state index in [1.165, 1.54) is 4.68 Å². The fraction of sp³-hybridized carbons (Fsp3) is 0.480. The lowest BCUT2D eigenvalue weighted by Gasteiger charge is -2.26. The van der Waals surface area contributed by atoms with Crippen LogP contribution in [0.25, 0.3) is 5.69 Å². The molecule has 0 spiro atoms. The van der Waals surface area contributed by atoms with Crippen molar-refractivity contribution >= 4 is 17.8 Å². The fourth-order valence-corrected chi connectivity index (χ4v) is 3.36. The molecular formula is C25H33F3N6O6. The predicted octanol–water partition coefficient (Wildman–Crippen LogP) is 2.06. The van der Waals surface area contributed by atoms with Crippen LogP contribution in [0.15, 0.2) is 37.1 Å². The zero-order valence-electron chi connectivity index (χ0n) is 22.1. The summed E-state index contributed by atoms with van der Waals surface area (Å²) in [6, 6.07) is 5.11. The van der Waals surface area contributed by atoms with E-state index in [0.29, 0.717) is 36.7 Å². The summed E-state index contributed by atoms with van der Waals surface area (Å²) >= 11 is 0. The first kappa shape index (κ1) is 32.2. The Morgan fingerprint density at radius 1 is 1.20 bits per heavy atom. The second kappa shape index (κ2) is 16.2. The third-order valence-corrected chi connectivity index (χ3v) is 5.40. The summed E-state index contributed by atoms with van der Waals surface area (Å²) in [7, 11) is 0. The fourth-order valence-electron chi connectivity index (χ4n) is 3.36. The summed E-state index contributed by atoms with van der Waals surface area (Å²) < 4.78 is 44.5. The van der Waals surface area contributed by atoms with Crippen LogP contribution in [0.5, 0.6) is 5.75 Å². The van der Waals surface area contributed by atoms with Crippen molar-refractivity contribution in [2.24, 2.45) is 0 Å². The van der Waals surface area contributed by atoms with Crippen LogP contribution in [0.1, 0.15) is 40.6 Å². The van der Waals surface area contributed by atoms with Gasteiger partial charge in [0.1, 0.15) is 11.4 Å². The van der Waals surface area contributed by atoms with Gasteiger partial charge < -0.3 is 25.2 Å². The summed E-state index contributed by atoms with van der Waals surface area (Å²) in [5.74, 6) is -2.74. The number of rotatable bonds is 12. The molecule has 1 aliphatic heterocycles. The number of aliphatic carboxylic acids is 1. The molecule has 0 aliphatic carbocycles. The number of hydrogen-bond donors (Lipinski definition) is 3. The average molecular weight is 571 g/mol. The number of alkyl halides is 3. The molecule has 1 aliphatic rings. The van der Waals surface area contributed by atoms with Gasteiger partial charge in [0, 0.05) is 38.3 Å². The normalized spacial score (nSPS) is 13.5. The molecule has 1 saturated heterocycles. The summed E-state index contributed by atoms with van der Waals surface area (Å²) in [5, 5.41) is 20.9. The Labute approximate surface area is 229 Å². The van der Waals surface area contributed by atoms with Crippen molar-refractivity contribution in [1.82, 2.24) is 30.5 Å². The first-order valence-corrected chi connectivity index (χ1v) is 12.5. The number of amides is 2. The molecule has 0 bridgehead atoms. The van der Waals surface area contributed by atoms with Crippen molar-refractivity contribution in [1.29, 1.82) is 0 Å². The number of nitrogens with zero attached hydrogens (tertiary/aromatic N) is 4. The topological polar surface area (TPSA) is 148 Å². The number of aromatic nitrogens is 3. The van der Waals surface area contributed by atoms with Crippen LogP contribution in [0.4, 0.5) is 13.2 Å². The molecule has 0 saturated carbocycles. The second-order valence-corrected chi connectivity index (χ2v) is 8.38. The van der Waals surface area contributed by atoms with Gasteiger partial charge in [-0.05, 0) is 38.0 Å². The predicted molar refractivity (Wildman–Crippen MR) is 138 cm³/mol. The Hall–Kier alpha value is -3.98. The number of benzene rings is 1. The van der Waals surface area contributed by atoms with E-state index in [2.05, 4.69) is 32.4 Å². The Balaban J connectivity index is 0.000000708. The van der Waals surface area contributed by atoms with Gasteiger partial charge in [-0.25, -0.2) is 9.48 Å². The van der Waals surface area contributed by atoms with E-state index in [1.807, 2.05) is 13.0 Å². The number of carbonyl (C=O) groups is 3. The minimum absolute atomic E-state index is 0.182. The molecule has 220 valence electrons. The monoisotopic (exact) mass is 570 g/mol. The van der Waals surface area contributed by atoms with Crippen molar-refractivity contribution in [2.45, 2.75) is 25.9 Å². The zero-order valence-corrected chi connectivity index (χ0v) is 22.1. The molecular weight excluding hydrogens is 537 g/mol. The standard InChI is InChI=1S/C23H32N6O4.C2HF3O2/c1-3-5-6-13-33-21-16-18(22(30)24-4-2)7-8-20(21)29-17-19(26-27-29)23(31)25-9-10-28-11-14-32-15-12-28;3-2(4,5)1(6)7/h3,7-8,16-17H,1,4-6,9-15H2,2H3,(H,24,30)(H,25,31);(H,6,7). The van der Waals surface area contributed by atoms with Crippen LogP contribution in [0.2, 0.25) is 0 Å². The molecule has 2 amide bonds. The van der Waals surface area contributed by atoms with Gasteiger partial charge in [0.05, 0.1) is 26.0 Å². The largest absolute Gasteiger partial charge is 0.491 e. The quantitative estimate of drug-likeness (QED) is 0.258. The van der Waals surface area contributed by atoms with Gasteiger partial charge in [-0.2, -0.15) is 13.2 Å². The Morgan fingerprint density at radius 3 is 2.52 bits per heavy atom. The molecule has 1 aromatic heterocycles. The summed E-state index contributed by atoms with van der Waals surface area (Å²) in [4.78, 5) is 35.9. The van der Waals surface area contributed by atoms with Gasteiger partial charge >= 0.3 is 12.1 Å². The number of ether oxygens (including phenoxy) is 2. The van der Waals surface area contributed by atoms with Crippen molar-refractivity contribution in [3.8, 4) is 11.4 Å². The highest BCUT2D eigenvalue weighted by Gasteiger charge is 2.38. The number of carboxylic acids is 1. The SMILES string of the molecule is C=CCCCOc1cc(C(=O)NCC)ccc1-n1cc(C(=O)NCCN2CCOCC2)nn1.O=C(O)C(F)(F)F. The van der Waals surface area contributed by atoms with Crippen molar-refractivity contribution < 1.29 is 42.1 Å². The van der Waals surface area contributed by atoms with Crippen molar-refractivity contribution in [3.63, 3.8) is 0 Å². The van der Waals surface area contributed by atoms with Gasteiger partial charge in [0.15, 0.2) is 5.69 Å². The van der Waals surface area contributed by atoms with E-state index in [4.69, 9.17) is 19.4 Å². The second-order valence-electron chi connectivity index (χ2n) is 8.38. The molecule has 3 N–H and O–H groups in total. The molecule has 40 heavy (non-hydrogen) atoms. The Kier molecular flexibility index (Phi) is 13.1. The van der Waals surface area contributed by atoms with Crippen LogP contribution in [0.3, 0.4) is 0 Å². The molecule has 3 rings (SSSR count). The summed E-state index contributed by atoms with van der Waals surface area (Å²) in [5.41, 5.74) is 1.30. The van der Waals surface area contributed by atoms with Gasteiger partial charge in [-0.1, -0.05) is 11.3 Å². The first-order valence-electron chi connectivity index (χ1n) is 12.5. The lowest BCUT2D eigenvalue weighted by atomic mass is 10.1. The van der Waals surface area contributed by atoms with E-state index in [1.54, 1.807) is 24.4 Å². The van der Waals surface area contributed by atoms with E-state index < -0.39 is 12.1 Å². The molecule has 12 nitrogen and oxygen atoms in total. The van der Waals surface area contributed by atoms with E-state index >= 15 is 0 Å². The van der Waals surface area contributed by atoms with Gasteiger partial charge in [0.2, 0.25) is 0 Å². The van der Waals surface area contributed by atoms with Gasteiger partial charge in [-0.15, -0.1) is 11.7 Å². The zero-order chi connectivity index (χ0) is 29.5. The minimum atomic E-state index is -5.08. The number of carboxylic acid groups (broad SMARTS) is 1. The lowest BCUT2D eigenvalue weighted by Crippen LogP contribution is -2.41. The van der Waals surface area contributed by atoms with Crippen LogP contribution in [-0.2, 0) is 9.53 Å². The molecule has 0 unspecified atom stereocenters. The Morgan fingerprint density at radius 2 is 1.90 bits per heavy atom. The molecule has 1 fully saturated rings. The van der Waals surface area contributed by atoms with Crippen LogP contribution >= 0.6 is 0 Å². The number of carbonyl (C=O) groups excluding carboxylic acids is 2. The molecule has 0 atom stereocenters. The maximum absolute atomic E-state index is 12.5. The maximum atomic E-state index is 12.5. The highest BCUT2D eigenvalue weighted by Crippen LogP contribution is 2.25. The van der Waals surface area contributed by atoms with E-state index in [9.17, 15) is 22.8 Å². The maximum Gasteiger partial charge on any atom is 0.490 e. The van der Waals surface area contributed by atoms with Crippen molar-refractivity contribution in [3.05, 3.63) is 48.3 Å². The highest BCUT2D eigenvalue weighted by atomic mass is 19.4. The third-order valence-electron chi connectivity index (χ3n) is 5.40. The number of morpholine rings is 1. The Bertz CT molecular complexity index is 1130. The number of allylic oxidation sites excluding steroid dienone is 1. The van der Waals surface area contributed by atoms with Crippen molar-refractivity contribution in [2.75, 3.05) is 52.5 Å². The average Bonchev–Trinajstić information content (AvgIpc) is 3.42. The molecule has 0 radical (unpaired) electrons.